The van der Waals surface area contributed by atoms with Gasteiger partial charge in [-0.1, -0.05) is 17.7 Å². The zero-order chi connectivity index (χ0) is 17.6. The molecule has 2 atom stereocenters. The maximum atomic E-state index is 12.7. The summed E-state index contributed by atoms with van der Waals surface area (Å²) >= 11 is 0. The van der Waals surface area contributed by atoms with Gasteiger partial charge < -0.3 is 15.6 Å². The van der Waals surface area contributed by atoms with E-state index in [0.29, 0.717) is 0 Å². The van der Waals surface area contributed by atoms with Gasteiger partial charge in [0.15, 0.2) is 9.84 Å². The first-order chi connectivity index (χ1) is 10.7. The highest BCUT2D eigenvalue weighted by Crippen LogP contribution is 2.19. The van der Waals surface area contributed by atoms with Crippen molar-refractivity contribution in [3.8, 4) is 0 Å². The second-order valence-corrected chi connectivity index (χ2v) is 7.07. The molecule has 0 spiro atoms. The number of esters is 1. The molecular formula is C14H20N2O6S. The van der Waals surface area contributed by atoms with Crippen LogP contribution in [0.4, 0.5) is 0 Å². The first-order valence-corrected chi connectivity index (χ1v) is 8.32. The van der Waals surface area contributed by atoms with Gasteiger partial charge in [0.1, 0.15) is 11.3 Å². The molecule has 1 aromatic rings. The standard InChI is InChI=1S/C14H20N2O6S/c1-9-3-5-10(6-4-9)23(20,21)11(7-15)13(14(19)22-2)16-8-12(17)18/h3-6,11,13,16H,7-8,15H2,1-2H3,(H,17,18)/t11?,13-/m0/s1. The molecule has 1 unspecified atom stereocenters. The van der Waals surface area contributed by atoms with Gasteiger partial charge in [0.25, 0.3) is 0 Å². The van der Waals surface area contributed by atoms with Crippen LogP contribution >= 0.6 is 0 Å². The van der Waals surface area contributed by atoms with Gasteiger partial charge in [0, 0.05) is 6.54 Å². The maximum Gasteiger partial charge on any atom is 0.324 e. The minimum absolute atomic E-state index is 0.00424. The fourth-order valence-electron chi connectivity index (χ4n) is 2.04. The summed E-state index contributed by atoms with van der Waals surface area (Å²) in [6, 6.07) is 4.70. The van der Waals surface area contributed by atoms with Gasteiger partial charge in [-0.15, -0.1) is 0 Å². The second-order valence-electron chi connectivity index (χ2n) is 4.91. The van der Waals surface area contributed by atoms with E-state index in [4.69, 9.17) is 10.8 Å². The van der Waals surface area contributed by atoms with Crippen LogP contribution < -0.4 is 11.1 Å². The Morgan fingerprint density at radius 2 is 1.87 bits per heavy atom. The number of methoxy groups -OCH3 is 1. The summed E-state index contributed by atoms with van der Waals surface area (Å²) in [5.41, 5.74) is 6.43. The molecule has 0 aliphatic heterocycles. The Balaban J connectivity index is 3.20. The Morgan fingerprint density at radius 1 is 1.30 bits per heavy atom. The van der Waals surface area contributed by atoms with Crippen LogP contribution in [0.25, 0.3) is 0 Å². The van der Waals surface area contributed by atoms with Crippen molar-refractivity contribution < 1.29 is 27.9 Å². The van der Waals surface area contributed by atoms with Crippen molar-refractivity contribution in [3.05, 3.63) is 29.8 Å². The molecule has 1 rings (SSSR count). The Kier molecular flexibility index (Phi) is 6.67. The molecule has 0 saturated carbocycles. The minimum atomic E-state index is -3.95. The monoisotopic (exact) mass is 344 g/mol. The highest BCUT2D eigenvalue weighted by atomic mass is 32.2. The van der Waals surface area contributed by atoms with Crippen LogP contribution in [0, 0.1) is 6.92 Å². The zero-order valence-electron chi connectivity index (χ0n) is 12.9. The third-order valence-electron chi connectivity index (χ3n) is 3.28. The summed E-state index contributed by atoms with van der Waals surface area (Å²) in [4.78, 5) is 22.6. The molecule has 0 saturated heterocycles. The van der Waals surface area contributed by atoms with Crippen LogP contribution in [-0.4, -0.2) is 57.0 Å². The van der Waals surface area contributed by atoms with Crippen LogP contribution in [0.15, 0.2) is 29.2 Å². The summed E-state index contributed by atoms with van der Waals surface area (Å²) in [5.74, 6) is -2.13. The second kappa shape index (κ2) is 8.04. The first kappa shape index (κ1) is 19.1. The topological polar surface area (TPSA) is 136 Å². The molecule has 0 aliphatic carbocycles. The van der Waals surface area contributed by atoms with Gasteiger partial charge in [-0.05, 0) is 19.1 Å². The van der Waals surface area contributed by atoms with E-state index in [1.807, 2.05) is 6.92 Å². The maximum absolute atomic E-state index is 12.7. The molecule has 0 fully saturated rings. The van der Waals surface area contributed by atoms with Crippen molar-refractivity contribution in [2.24, 2.45) is 5.73 Å². The van der Waals surface area contributed by atoms with Gasteiger partial charge in [0.05, 0.1) is 18.6 Å². The number of aliphatic carboxylic acids is 1. The third kappa shape index (κ3) is 4.75. The first-order valence-electron chi connectivity index (χ1n) is 6.77. The van der Waals surface area contributed by atoms with Crippen LogP contribution in [0.5, 0.6) is 0 Å². The van der Waals surface area contributed by atoms with E-state index in [1.165, 1.54) is 12.1 Å². The number of carboxylic acid groups (broad SMARTS) is 1. The van der Waals surface area contributed by atoms with Crippen LogP contribution in [-0.2, 0) is 24.2 Å². The SMILES string of the molecule is COC(=O)[C@@H](NCC(=O)O)C(CN)S(=O)(=O)c1ccc(C)cc1. The quantitative estimate of drug-likeness (QED) is 0.527. The largest absolute Gasteiger partial charge is 0.480 e. The van der Waals surface area contributed by atoms with Crippen molar-refractivity contribution in [1.29, 1.82) is 0 Å². The Bertz CT molecular complexity index is 656. The van der Waals surface area contributed by atoms with Crippen molar-refractivity contribution in [1.82, 2.24) is 5.32 Å². The highest BCUT2D eigenvalue weighted by molar-refractivity contribution is 7.92. The lowest BCUT2D eigenvalue weighted by atomic mass is 10.2. The Labute approximate surface area is 134 Å². The number of nitrogens with one attached hydrogen (secondary N) is 1. The molecule has 23 heavy (non-hydrogen) atoms. The summed E-state index contributed by atoms with van der Waals surface area (Å²) in [6.45, 7) is 0.838. The summed E-state index contributed by atoms with van der Waals surface area (Å²) < 4.78 is 30.0. The average Bonchev–Trinajstić information content (AvgIpc) is 2.50. The van der Waals surface area contributed by atoms with Gasteiger partial charge in [-0.3, -0.25) is 14.9 Å². The van der Waals surface area contributed by atoms with Crippen molar-refractivity contribution in [3.63, 3.8) is 0 Å². The molecule has 4 N–H and O–H groups in total. The zero-order valence-corrected chi connectivity index (χ0v) is 13.7. The summed E-state index contributed by atoms with van der Waals surface area (Å²) in [5, 5.41) is 9.75. The third-order valence-corrected chi connectivity index (χ3v) is 5.47. The molecule has 0 amide bonds. The lowest BCUT2D eigenvalue weighted by Crippen LogP contribution is -2.54. The number of rotatable bonds is 8. The van der Waals surface area contributed by atoms with Crippen LogP contribution in [0.2, 0.25) is 0 Å². The number of benzene rings is 1. The number of ether oxygens (including phenoxy) is 1. The minimum Gasteiger partial charge on any atom is -0.480 e. The molecule has 9 heteroatoms. The number of sulfone groups is 1. The van der Waals surface area contributed by atoms with Gasteiger partial charge in [-0.25, -0.2) is 8.42 Å². The normalized spacial score (nSPS) is 14.0. The number of nitrogens with two attached hydrogens (primary N) is 1. The molecule has 128 valence electrons. The van der Waals surface area contributed by atoms with E-state index < -0.39 is 39.6 Å². The van der Waals surface area contributed by atoms with Crippen LogP contribution in [0.3, 0.4) is 0 Å². The van der Waals surface area contributed by atoms with Gasteiger partial charge >= 0.3 is 11.9 Å². The fraction of sp³-hybridized carbons (Fsp3) is 0.429. The summed E-state index contributed by atoms with van der Waals surface area (Å²) in [7, 11) is -2.86. The van der Waals surface area contributed by atoms with E-state index in [-0.39, 0.29) is 11.4 Å². The number of hydrogen-bond donors (Lipinski definition) is 3. The van der Waals surface area contributed by atoms with Crippen molar-refractivity contribution in [2.45, 2.75) is 23.1 Å². The number of aryl methyl sites for hydroxylation is 1. The predicted molar refractivity (Wildman–Crippen MR) is 82.6 cm³/mol. The Morgan fingerprint density at radius 3 is 2.30 bits per heavy atom. The van der Waals surface area contributed by atoms with Gasteiger partial charge in [0.2, 0.25) is 0 Å². The molecule has 0 bridgehead atoms. The lowest BCUT2D eigenvalue weighted by molar-refractivity contribution is -0.143. The van der Waals surface area contributed by atoms with Crippen LogP contribution in [0.1, 0.15) is 5.56 Å². The highest BCUT2D eigenvalue weighted by Gasteiger charge is 2.38. The van der Waals surface area contributed by atoms with E-state index in [2.05, 4.69) is 10.1 Å². The number of carbonyl (C=O) groups excluding carboxylic acids is 1. The molecule has 0 radical (unpaired) electrons. The fourth-order valence-corrected chi connectivity index (χ4v) is 3.72. The lowest BCUT2D eigenvalue weighted by Gasteiger charge is -2.24. The Hall–Kier alpha value is -1.97. The molecular weight excluding hydrogens is 324 g/mol. The van der Waals surface area contributed by atoms with E-state index >= 15 is 0 Å². The van der Waals surface area contributed by atoms with Gasteiger partial charge in [-0.2, -0.15) is 0 Å². The smallest absolute Gasteiger partial charge is 0.324 e. The number of carbonyl (C=O) groups is 2. The molecule has 0 aliphatic rings. The van der Waals surface area contributed by atoms with E-state index in [9.17, 15) is 18.0 Å². The number of carboxylic acids is 1. The predicted octanol–water partition coefficient (Wildman–Crippen LogP) is -0.688. The number of hydrogen-bond acceptors (Lipinski definition) is 7. The van der Waals surface area contributed by atoms with E-state index in [1.54, 1.807) is 12.1 Å². The van der Waals surface area contributed by atoms with Crippen molar-refractivity contribution >= 4 is 21.8 Å². The summed E-state index contributed by atoms with van der Waals surface area (Å²) in [6.07, 6.45) is 0. The molecule has 8 nitrogen and oxygen atoms in total. The molecule has 0 aromatic heterocycles. The molecule has 0 heterocycles. The molecule has 1 aromatic carbocycles. The van der Waals surface area contributed by atoms with Crippen molar-refractivity contribution in [2.75, 3.05) is 20.2 Å². The van der Waals surface area contributed by atoms with E-state index in [0.717, 1.165) is 12.7 Å². The average molecular weight is 344 g/mol.